The van der Waals surface area contributed by atoms with Crippen LogP contribution in [0.15, 0.2) is 16.5 Å². The molecule has 1 N–H and O–H groups in total. The van der Waals surface area contributed by atoms with Crippen molar-refractivity contribution in [2.75, 3.05) is 13.6 Å². The molecule has 90 valence electrons. The fourth-order valence-corrected chi connectivity index (χ4v) is 1.64. The van der Waals surface area contributed by atoms with E-state index in [0.717, 1.165) is 6.54 Å². The highest BCUT2D eigenvalue weighted by Crippen LogP contribution is 2.21. The molecule has 16 heavy (non-hydrogen) atoms. The average molecular weight is 225 g/mol. The second-order valence-electron chi connectivity index (χ2n) is 4.52. The number of nitrogens with zero attached hydrogens (tertiary/aromatic N) is 1. The summed E-state index contributed by atoms with van der Waals surface area (Å²) in [6.07, 6.45) is 0. The molecule has 1 rings (SSSR count). The third kappa shape index (κ3) is 3.10. The van der Waals surface area contributed by atoms with Crippen LogP contribution < -0.4 is 0 Å². The van der Waals surface area contributed by atoms with E-state index in [-0.39, 0.29) is 11.8 Å². The molecule has 1 aromatic heterocycles. The predicted octanol–water partition coefficient (Wildman–Crippen LogP) is 2.63. The van der Waals surface area contributed by atoms with Crippen LogP contribution in [-0.2, 0) is 0 Å². The van der Waals surface area contributed by atoms with E-state index >= 15 is 0 Å². The molecule has 1 atom stereocenters. The molecule has 0 aliphatic rings. The van der Waals surface area contributed by atoms with E-state index in [2.05, 4.69) is 18.7 Å². The van der Waals surface area contributed by atoms with Gasteiger partial charge in [0.05, 0.1) is 6.04 Å². The molecule has 0 amide bonds. The van der Waals surface area contributed by atoms with E-state index < -0.39 is 5.97 Å². The first-order valence-electron chi connectivity index (χ1n) is 5.45. The number of carboxylic acids is 1. The number of furan rings is 1. The molecular formula is C12H19NO3. The van der Waals surface area contributed by atoms with Crippen molar-refractivity contribution < 1.29 is 14.3 Å². The Labute approximate surface area is 95.9 Å². The predicted molar refractivity (Wildman–Crippen MR) is 61.6 cm³/mol. The van der Waals surface area contributed by atoms with Gasteiger partial charge in [-0.3, -0.25) is 4.90 Å². The van der Waals surface area contributed by atoms with Gasteiger partial charge < -0.3 is 9.52 Å². The third-order valence-electron chi connectivity index (χ3n) is 2.56. The molecule has 1 heterocycles. The van der Waals surface area contributed by atoms with Gasteiger partial charge in [-0.15, -0.1) is 0 Å². The maximum Gasteiger partial charge on any atom is 0.371 e. The molecule has 0 aliphatic carbocycles. The van der Waals surface area contributed by atoms with Crippen LogP contribution in [0, 0.1) is 5.92 Å². The molecule has 0 radical (unpaired) electrons. The van der Waals surface area contributed by atoms with Crippen molar-refractivity contribution in [1.82, 2.24) is 4.90 Å². The zero-order chi connectivity index (χ0) is 12.3. The lowest BCUT2D eigenvalue weighted by Crippen LogP contribution is -2.26. The van der Waals surface area contributed by atoms with Gasteiger partial charge >= 0.3 is 5.97 Å². The summed E-state index contributed by atoms with van der Waals surface area (Å²) in [6.45, 7) is 7.25. The maximum atomic E-state index is 10.7. The summed E-state index contributed by atoms with van der Waals surface area (Å²) in [7, 11) is 2.01. The minimum absolute atomic E-state index is 0.000188. The third-order valence-corrected chi connectivity index (χ3v) is 2.56. The van der Waals surface area contributed by atoms with E-state index in [1.807, 2.05) is 14.0 Å². The van der Waals surface area contributed by atoms with Crippen molar-refractivity contribution in [3.8, 4) is 0 Å². The van der Waals surface area contributed by atoms with Crippen molar-refractivity contribution in [2.24, 2.45) is 5.92 Å². The second kappa shape index (κ2) is 5.16. The van der Waals surface area contributed by atoms with E-state index in [0.29, 0.717) is 11.7 Å². The van der Waals surface area contributed by atoms with Crippen LogP contribution in [0.25, 0.3) is 0 Å². The lowest BCUT2D eigenvalue weighted by atomic mass is 10.1. The molecule has 0 saturated carbocycles. The largest absolute Gasteiger partial charge is 0.475 e. The van der Waals surface area contributed by atoms with Crippen molar-refractivity contribution in [2.45, 2.75) is 26.8 Å². The van der Waals surface area contributed by atoms with Gasteiger partial charge in [-0.2, -0.15) is 0 Å². The van der Waals surface area contributed by atoms with Crippen molar-refractivity contribution in [3.05, 3.63) is 23.7 Å². The van der Waals surface area contributed by atoms with Crippen LogP contribution in [0.3, 0.4) is 0 Å². The highest BCUT2D eigenvalue weighted by molar-refractivity contribution is 5.84. The van der Waals surface area contributed by atoms with Crippen LogP contribution >= 0.6 is 0 Å². The van der Waals surface area contributed by atoms with E-state index in [9.17, 15) is 4.79 Å². The Bertz CT molecular complexity index is 357. The van der Waals surface area contributed by atoms with Crippen LogP contribution in [-0.4, -0.2) is 29.6 Å². The van der Waals surface area contributed by atoms with Crippen molar-refractivity contribution >= 4 is 5.97 Å². The Hall–Kier alpha value is -1.29. The molecule has 4 nitrogen and oxygen atoms in total. The number of rotatable bonds is 5. The van der Waals surface area contributed by atoms with Gasteiger partial charge in [0.1, 0.15) is 5.76 Å². The molecule has 0 fully saturated rings. The Morgan fingerprint density at radius 2 is 2.06 bits per heavy atom. The van der Waals surface area contributed by atoms with Crippen LogP contribution in [0.5, 0.6) is 0 Å². The molecule has 0 spiro atoms. The first-order valence-corrected chi connectivity index (χ1v) is 5.45. The highest BCUT2D eigenvalue weighted by Gasteiger charge is 2.18. The number of aromatic carboxylic acids is 1. The fraction of sp³-hybridized carbons (Fsp3) is 0.583. The van der Waals surface area contributed by atoms with Crippen LogP contribution in [0.2, 0.25) is 0 Å². The second-order valence-corrected chi connectivity index (χ2v) is 4.52. The highest BCUT2D eigenvalue weighted by atomic mass is 16.4. The molecule has 0 aromatic carbocycles. The van der Waals surface area contributed by atoms with Gasteiger partial charge in [-0.05, 0) is 32.0 Å². The standard InChI is InChI=1S/C12H19NO3/c1-8(2)7-13(4)9(3)10-5-6-11(16-10)12(14)15/h5-6,8-9H,7H2,1-4H3,(H,14,15). The Kier molecular flexibility index (Phi) is 4.12. The van der Waals surface area contributed by atoms with Gasteiger partial charge in [-0.1, -0.05) is 13.8 Å². The Balaban J connectivity index is 2.71. The van der Waals surface area contributed by atoms with E-state index in [1.165, 1.54) is 6.07 Å². The average Bonchev–Trinajstić information content (AvgIpc) is 2.64. The Morgan fingerprint density at radius 1 is 1.44 bits per heavy atom. The normalized spacial score (nSPS) is 13.4. The SMILES string of the molecule is CC(C)CN(C)C(C)c1ccc(C(=O)O)o1. The first kappa shape index (κ1) is 12.8. The number of hydrogen-bond donors (Lipinski definition) is 1. The van der Waals surface area contributed by atoms with Crippen molar-refractivity contribution in [3.63, 3.8) is 0 Å². The van der Waals surface area contributed by atoms with E-state index in [4.69, 9.17) is 9.52 Å². The van der Waals surface area contributed by atoms with Crippen LogP contribution in [0.1, 0.15) is 43.1 Å². The molecule has 0 saturated heterocycles. The summed E-state index contributed by atoms with van der Waals surface area (Å²) in [4.78, 5) is 12.8. The summed E-state index contributed by atoms with van der Waals surface area (Å²) >= 11 is 0. The number of hydrogen-bond acceptors (Lipinski definition) is 3. The summed E-state index contributed by atoms with van der Waals surface area (Å²) < 4.78 is 5.27. The number of carbonyl (C=O) groups is 1. The van der Waals surface area contributed by atoms with Gasteiger partial charge in [0.25, 0.3) is 0 Å². The molecule has 0 aliphatic heterocycles. The van der Waals surface area contributed by atoms with Gasteiger partial charge in [0, 0.05) is 6.54 Å². The molecule has 1 aromatic rings. The number of carboxylic acid groups (broad SMARTS) is 1. The zero-order valence-corrected chi connectivity index (χ0v) is 10.2. The quantitative estimate of drug-likeness (QED) is 0.837. The molecule has 0 bridgehead atoms. The minimum Gasteiger partial charge on any atom is -0.475 e. The summed E-state index contributed by atoms with van der Waals surface area (Å²) in [5, 5.41) is 8.76. The smallest absolute Gasteiger partial charge is 0.371 e. The van der Waals surface area contributed by atoms with Gasteiger partial charge in [0.2, 0.25) is 5.76 Å². The summed E-state index contributed by atoms with van der Waals surface area (Å²) in [5.74, 6) is 0.242. The van der Waals surface area contributed by atoms with Gasteiger partial charge in [0.15, 0.2) is 0 Å². The topological polar surface area (TPSA) is 53.7 Å². The van der Waals surface area contributed by atoms with Crippen molar-refractivity contribution in [1.29, 1.82) is 0 Å². The monoisotopic (exact) mass is 225 g/mol. The maximum absolute atomic E-state index is 10.7. The first-order chi connectivity index (χ1) is 7.41. The lowest BCUT2D eigenvalue weighted by Gasteiger charge is -2.24. The molecule has 4 heteroatoms. The van der Waals surface area contributed by atoms with Gasteiger partial charge in [-0.25, -0.2) is 4.79 Å². The van der Waals surface area contributed by atoms with E-state index in [1.54, 1.807) is 6.07 Å². The molecular weight excluding hydrogens is 206 g/mol. The zero-order valence-electron chi connectivity index (χ0n) is 10.2. The molecule has 1 unspecified atom stereocenters. The fourth-order valence-electron chi connectivity index (χ4n) is 1.64. The van der Waals surface area contributed by atoms with Crippen LogP contribution in [0.4, 0.5) is 0 Å². The summed E-state index contributed by atoms with van der Waals surface area (Å²) in [5.41, 5.74) is 0. The Morgan fingerprint density at radius 3 is 2.50 bits per heavy atom. The minimum atomic E-state index is -1.02. The summed E-state index contributed by atoms with van der Waals surface area (Å²) in [6, 6.07) is 3.32. The lowest BCUT2D eigenvalue weighted by molar-refractivity contribution is 0.0656.